The van der Waals surface area contributed by atoms with E-state index in [1.807, 2.05) is 6.07 Å². The molecule has 0 saturated carbocycles. The molecule has 1 atom stereocenters. The van der Waals surface area contributed by atoms with Crippen molar-refractivity contribution in [2.75, 3.05) is 5.32 Å². The number of hydrazine groups is 1. The Balaban J connectivity index is 1.82. The maximum Gasteiger partial charge on any atom is 0.337 e. The normalized spacial score (nSPS) is 11.1. The average molecular weight is 344 g/mol. The zero-order chi connectivity index (χ0) is 18.2. The molecule has 0 saturated heterocycles. The summed E-state index contributed by atoms with van der Waals surface area (Å²) < 4.78 is 5.41. The van der Waals surface area contributed by atoms with Gasteiger partial charge >= 0.3 is 6.03 Å². The lowest BCUT2D eigenvalue weighted by Gasteiger charge is -2.15. The molecular weight excluding hydrogens is 328 g/mol. The van der Waals surface area contributed by atoms with Gasteiger partial charge in [0.2, 0.25) is 0 Å². The zero-order valence-electron chi connectivity index (χ0n) is 13.3. The minimum atomic E-state index is -0.833. The molecule has 130 valence electrons. The Kier molecular flexibility index (Phi) is 5.88. The number of ether oxygens (including phenoxy) is 1. The number of para-hydroxylation sites is 1. The van der Waals surface area contributed by atoms with E-state index in [4.69, 9.17) is 4.74 Å². The van der Waals surface area contributed by atoms with E-state index in [0.717, 1.165) is 0 Å². The summed E-state index contributed by atoms with van der Waals surface area (Å²) in [5.74, 6) is -0.0377. The van der Waals surface area contributed by atoms with E-state index in [9.17, 15) is 19.7 Å². The average Bonchev–Trinajstić information content (AvgIpc) is 2.60. The molecule has 3 amide bonds. The molecule has 0 unspecified atom stereocenters. The van der Waals surface area contributed by atoms with E-state index < -0.39 is 23.0 Å². The molecule has 0 radical (unpaired) electrons. The summed E-state index contributed by atoms with van der Waals surface area (Å²) in [4.78, 5) is 33.7. The Morgan fingerprint density at radius 2 is 1.80 bits per heavy atom. The molecule has 0 fully saturated rings. The second-order valence-corrected chi connectivity index (χ2v) is 4.95. The minimum absolute atomic E-state index is 0.160. The number of rotatable bonds is 5. The molecule has 0 bridgehead atoms. The van der Waals surface area contributed by atoms with E-state index in [0.29, 0.717) is 5.75 Å². The second-order valence-electron chi connectivity index (χ2n) is 4.95. The second kappa shape index (κ2) is 8.29. The highest BCUT2D eigenvalue weighted by Crippen LogP contribution is 2.16. The summed E-state index contributed by atoms with van der Waals surface area (Å²) in [5, 5.41) is 13.1. The predicted molar refractivity (Wildman–Crippen MR) is 89.9 cm³/mol. The van der Waals surface area contributed by atoms with Gasteiger partial charge in [0.1, 0.15) is 5.75 Å². The molecule has 0 aliphatic heterocycles. The van der Waals surface area contributed by atoms with Gasteiger partial charge in [-0.15, -0.1) is 0 Å². The van der Waals surface area contributed by atoms with E-state index in [-0.39, 0.29) is 11.4 Å². The Labute approximate surface area is 143 Å². The van der Waals surface area contributed by atoms with Crippen LogP contribution >= 0.6 is 0 Å². The number of carbonyl (C=O) groups is 2. The third-order valence-corrected chi connectivity index (χ3v) is 3.04. The molecule has 9 nitrogen and oxygen atoms in total. The lowest BCUT2D eigenvalue weighted by atomic mass is 10.3. The first kappa shape index (κ1) is 17.7. The molecule has 2 rings (SSSR count). The molecule has 9 heteroatoms. The van der Waals surface area contributed by atoms with Crippen molar-refractivity contribution in [2.24, 2.45) is 0 Å². The van der Waals surface area contributed by atoms with Gasteiger partial charge in [-0.05, 0) is 25.1 Å². The molecule has 25 heavy (non-hydrogen) atoms. The summed E-state index contributed by atoms with van der Waals surface area (Å²) in [6.07, 6.45) is -0.833. The lowest BCUT2D eigenvalue weighted by Crippen LogP contribution is -2.48. The van der Waals surface area contributed by atoms with Gasteiger partial charge in [-0.25, -0.2) is 10.2 Å². The number of hydrogen-bond donors (Lipinski definition) is 3. The van der Waals surface area contributed by atoms with Crippen LogP contribution in [0, 0.1) is 10.1 Å². The van der Waals surface area contributed by atoms with Crippen molar-refractivity contribution >= 4 is 23.3 Å². The van der Waals surface area contributed by atoms with Crippen molar-refractivity contribution < 1.29 is 19.2 Å². The number of benzene rings is 2. The molecule has 0 heterocycles. The maximum absolute atomic E-state index is 11.9. The SMILES string of the molecule is C[C@H](Oc1ccccc1)C(=O)NNC(=O)Nc1cccc([N+](=O)[O-])c1. The summed E-state index contributed by atoms with van der Waals surface area (Å²) in [5.41, 5.74) is 4.40. The van der Waals surface area contributed by atoms with Crippen molar-refractivity contribution in [3.63, 3.8) is 0 Å². The molecule has 0 aliphatic carbocycles. The highest BCUT2D eigenvalue weighted by Gasteiger charge is 2.15. The van der Waals surface area contributed by atoms with Crippen LogP contribution in [-0.4, -0.2) is 23.0 Å². The number of nitro groups is 1. The first-order valence-corrected chi connectivity index (χ1v) is 7.28. The van der Waals surface area contributed by atoms with Crippen LogP contribution in [0.1, 0.15) is 6.92 Å². The Hall–Kier alpha value is -3.62. The van der Waals surface area contributed by atoms with Crippen LogP contribution in [-0.2, 0) is 4.79 Å². The number of amides is 3. The van der Waals surface area contributed by atoms with Gasteiger partial charge in [0.05, 0.1) is 4.92 Å². The molecule has 2 aromatic rings. The van der Waals surface area contributed by atoms with Gasteiger partial charge in [-0.3, -0.25) is 20.3 Å². The first-order chi connectivity index (χ1) is 12.0. The van der Waals surface area contributed by atoms with Gasteiger partial charge in [-0.1, -0.05) is 24.3 Å². The fraction of sp³-hybridized carbons (Fsp3) is 0.125. The van der Waals surface area contributed by atoms with Crippen LogP contribution in [0.3, 0.4) is 0 Å². The Morgan fingerprint density at radius 3 is 2.48 bits per heavy atom. The number of urea groups is 1. The molecule has 0 aliphatic rings. The monoisotopic (exact) mass is 344 g/mol. The summed E-state index contributed by atoms with van der Waals surface area (Å²) in [6.45, 7) is 1.53. The highest BCUT2D eigenvalue weighted by atomic mass is 16.6. The Morgan fingerprint density at radius 1 is 1.08 bits per heavy atom. The largest absolute Gasteiger partial charge is 0.481 e. The number of anilines is 1. The summed E-state index contributed by atoms with van der Waals surface area (Å²) in [6, 6.07) is 13.4. The van der Waals surface area contributed by atoms with Crippen LogP contribution in [0.4, 0.5) is 16.2 Å². The van der Waals surface area contributed by atoms with Gasteiger partial charge in [-0.2, -0.15) is 0 Å². The summed E-state index contributed by atoms with van der Waals surface area (Å²) >= 11 is 0. The third-order valence-electron chi connectivity index (χ3n) is 3.04. The van der Waals surface area contributed by atoms with Crippen molar-refractivity contribution in [1.82, 2.24) is 10.9 Å². The number of nitrogens with zero attached hydrogens (tertiary/aromatic N) is 1. The number of non-ortho nitro benzene ring substituents is 1. The van der Waals surface area contributed by atoms with Gasteiger partial charge < -0.3 is 10.1 Å². The molecule has 0 spiro atoms. The van der Waals surface area contributed by atoms with Crippen molar-refractivity contribution in [3.8, 4) is 5.75 Å². The number of nitro benzene ring substituents is 1. The summed E-state index contributed by atoms with van der Waals surface area (Å²) in [7, 11) is 0. The van der Waals surface area contributed by atoms with Crippen molar-refractivity contribution in [3.05, 3.63) is 64.7 Å². The smallest absolute Gasteiger partial charge is 0.337 e. The number of carbonyl (C=O) groups excluding carboxylic acids is 2. The van der Waals surface area contributed by atoms with E-state index in [1.165, 1.54) is 31.2 Å². The van der Waals surface area contributed by atoms with Gasteiger partial charge in [0.25, 0.3) is 11.6 Å². The van der Waals surface area contributed by atoms with Crippen LogP contribution < -0.4 is 20.9 Å². The van der Waals surface area contributed by atoms with Gasteiger partial charge in [0, 0.05) is 17.8 Å². The molecule has 3 N–H and O–H groups in total. The van der Waals surface area contributed by atoms with Crippen LogP contribution in [0.5, 0.6) is 5.75 Å². The number of nitrogens with one attached hydrogen (secondary N) is 3. The minimum Gasteiger partial charge on any atom is -0.481 e. The van der Waals surface area contributed by atoms with Crippen LogP contribution in [0.2, 0.25) is 0 Å². The standard InChI is InChI=1S/C16H16N4O5/c1-11(25-14-8-3-2-4-9-14)15(21)18-19-16(22)17-12-6-5-7-13(10-12)20(23)24/h2-11H,1H3,(H,18,21)(H2,17,19,22)/t11-/m0/s1. The zero-order valence-corrected chi connectivity index (χ0v) is 13.3. The third kappa shape index (κ3) is 5.50. The van der Waals surface area contributed by atoms with E-state index in [1.54, 1.807) is 24.3 Å². The lowest BCUT2D eigenvalue weighted by molar-refractivity contribution is -0.384. The van der Waals surface area contributed by atoms with E-state index >= 15 is 0 Å². The fourth-order valence-corrected chi connectivity index (χ4v) is 1.84. The fourth-order valence-electron chi connectivity index (χ4n) is 1.84. The molecular formula is C16H16N4O5. The van der Waals surface area contributed by atoms with Crippen molar-refractivity contribution in [2.45, 2.75) is 13.0 Å². The molecule has 0 aromatic heterocycles. The van der Waals surface area contributed by atoms with Crippen LogP contribution in [0.25, 0.3) is 0 Å². The number of hydrogen-bond acceptors (Lipinski definition) is 5. The Bertz CT molecular complexity index is 766. The van der Waals surface area contributed by atoms with Gasteiger partial charge in [0.15, 0.2) is 6.10 Å². The van der Waals surface area contributed by atoms with Crippen molar-refractivity contribution in [1.29, 1.82) is 0 Å². The quantitative estimate of drug-likeness (QED) is 0.567. The highest BCUT2D eigenvalue weighted by molar-refractivity contribution is 5.91. The van der Waals surface area contributed by atoms with E-state index in [2.05, 4.69) is 16.2 Å². The van der Waals surface area contributed by atoms with Crippen LogP contribution in [0.15, 0.2) is 54.6 Å². The predicted octanol–water partition coefficient (Wildman–Crippen LogP) is 2.21. The topological polar surface area (TPSA) is 123 Å². The molecule has 2 aromatic carbocycles. The first-order valence-electron chi connectivity index (χ1n) is 7.28. The maximum atomic E-state index is 11.9.